The average Bonchev–Trinajstić information content (AvgIpc) is 2.50. The van der Waals surface area contributed by atoms with Gasteiger partial charge in [0, 0.05) is 6.07 Å². The second kappa shape index (κ2) is 3.07. The highest BCUT2D eigenvalue weighted by atomic mass is 16.5. The Labute approximate surface area is 62.2 Å². The molecule has 0 bridgehead atoms. The molecular weight excluding hydrogens is 148 g/mol. The van der Waals surface area contributed by atoms with Crippen molar-refractivity contribution in [3.8, 4) is 0 Å². The van der Waals surface area contributed by atoms with E-state index in [0.717, 1.165) is 0 Å². The summed E-state index contributed by atoms with van der Waals surface area (Å²) in [6.07, 6.45) is 0.497. The van der Waals surface area contributed by atoms with Gasteiger partial charge in [0.2, 0.25) is 11.5 Å². The fraction of sp³-hybridized carbons (Fsp3) is 0.167. The Morgan fingerprint density at radius 2 is 2.55 bits per heavy atom. The van der Waals surface area contributed by atoms with Crippen LogP contribution < -0.4 is 5.73 Å². The Hall–Kier alpha value is -1.49. The third-order valence-corrected chi connectivity index (χ3v) is 1.11. The van der Waals surface area contributed by atoms with Crippen LogP contribution in [-0.2, 0) is 0 Å². The normalized spacial score (nSPS) is 9.55. The maximum Gasteiger partial charge on any atom is 0.214 e. The first-order valence-corrected chi connectivity index (χ1v) is 2.93. The fourth-order valence-corrected chi connectivity index (χ4v) is 0.576. The molecule has 0 aliphatic heterocycles. The third-order valence-electron chi connectivity index (χ3n) is 1.11. The van der Waals surface area contributed by atoms with Crippen molar-refractivity contribution >= 4 is 12.1 Å². The van der Waals surface area contributed by atoms with E-state index in [9.17, 15) is 9.59 Å². The smallest absolute Gasteiger partial charge is 0.214 e. The lowest BCUT2D eigenvalue weighted by Crippen LogP contribution is -2.12. The fourth-order valence-electron chi connectivity index (χ4n) is 0.576. The Morgan fingerprint density at radius 1 is 1.82 bits per heavy atom. The second-order valence-corrected chi connectivity index (χ2v) is 1.86. The minimum Gasteiger partial charge on any atom is -0.352 e. The van der Waals surface area contributed by atoms with Gasteiger partial charge in [0.05, 0.1) is 6.54 Å². The molecule has 0 aliphatic carbocycles. The number of rotatable bonds is 3. The number of nitrogens with two attached hydrogens (primary N) is 1. The zero-order chi connectivity index (χ0) is 8.27. The molecule has 1 rings (SSSR count). The molecule has 0 aliphatic rings. The number of hydrogen-bond acceptors (Lipinski definition) is 5. The van der Waals surface area contributed by atoms with Crippen molar-refractivity contribution in [1.82, 2.24) is 5.16 Å². The summed E-state index contributed by atoms with van der Waals surface area (Å²) in [4.78, 5) is 20.8. The molecule has 0 saturated carbocycles. The van der Waals surface area contributed by atoms with Gasteiger partial charge in [-0.05, 0) is 0 Å². The monoisotopic (exact) mass is 154 g/mol. The Balaban J connectivity index is 2.88. The second-order valence-electron chi connectivity index (χ2n) is 1.86. The zero-order valence-corrected chi connectivity index (χ0v) is 5.61. The molecule has 0 saturated heterocycles. The van der Waals surface area contributed by atoms with E-state index in [2.05, 4.69) is 9.68 Å². The van der Waals surface area contributed by atoms with E-state index >= 15 is 0 Å². The summed E-state index contributed by atoms with van der Waals surface area (Å²) in [6.45, 7) is -0.145. The van der Waals surface area contributed by atoms with Gasteiger partial charge in [-0.2, -0.15) is 0 Å². The summed E-state index contributed by atoms with van der Waals surface area (Å²) in [5, 5.41) is 3.28. The van der Waals surface area contributed by atoms with Crippen molar-refractivity contribution in [2.75, 3.05) is 6.54 Å². The van der Waals surface area contributed by atoms with Gasteiger partial charge in [0.15, 0.2) is 6.29 Å². The average molecular weight is 154 g/mol. The van der Waals surface area contributed by atoms with Crippen molar-refractivity contribution in [1.29, 1.82) is 0 Å². The van der Waals surface area contributed by atoms with Gasteiger partial charge in [-0.1, -0.05) is 5.16 Å². The van der Waals surface area contributed by atoms with Crippen molar-refractivity contribution in [3.63, 3.8) is 0 Å². The van der Waals surface area contributed by atoms with E-state index in [-0.39, 0.29) is 23.8 Å². The number of aldehydes is 1. The standard InChI is InChI=1S/C6H6N2O3/c7-2-5(10)6-1-4(3-9)8-11-6/h1,3H,2,7H2. The molecule has 0 radical (unpaired) electrons. The molecule has 1 aromatic heterocycles. The maximum absolute atomic E-state index is 10.8. The van der Waals surface area contributed by atoms with Crippen molar-refractivity contribution in [2.45, 2.75) is 0 Å². The highest BCUT2D eigenvalue weighted by molar-refractivity contribution is 5.95. The summed E-state index contributed by atoms with van der Waals surface area (Å²) in [5.41, 5.74) is 5.13. The minimum absolute atomic E-state index is 0.0228. The molecule has 5 nitrogen and oxygen atoms in total. The van der Waals surface area contributed by atoms with Crippen LogP contribution in [0.3, 0.4) is 0 Å². The van der Waals surface area contributed by atoms with Crippen LogP contribution in [0.5, 0.6) is 0 Å². The molecule has 58 valence electrons. The molecule has 0 atom stereocenters. The molecule has 5 heteroatoms. The minimum atomic E-state index is -0.370. The lowest BCUT2D eigenvalue weighted by atomic mass is 10.3. The van der Waals surface area contributed by atoms with Crippen LogP contribution in [-0.4, -0.2) is 23.8 Å². The third kappa shape index (κ3) is 1.50. The molecular formula is C6H6N2O3. The maximum atomic E-state index is 10.8. The summed E-state index contributed by atoms with van der Waals surface area (Å²) in [6, 6.07) is 1.25. The van der Waals surface area contributed by atoms with Crippen LogP contribution in [0, 0.1) is 0 Å². The number of aromatic nitrogens is 1. The van der Waals surface area contributed by atoms with Crippen LogP contribution in [0.4, 0.5) is 0 Å². The van der Waals surface area contributed by atoms with Crippen molar-refractivity contribution in [3.05, 3.63) is 17.5 Å². The van der Waals surface area contributed by atoms with Gasteiger partial charge in [-0.3, -0.25) is 9.59 Å². The van der Waals surface area contributed by atoms with Gasteiger partial charge in [-0.25, -0.2) is 0 Å². The summed E-state index contributed by atoms with van der Waals surface area (Å²) >= 11 is 0. The van der Waals surface area contributed by atoms with Gasteiger partial charge in [-0.15, -0.1) is 0 Å². The molecule has 0 unspecified atom stereocenters. The van der Waals surface area contributed by atoms with Crippen LogP contribution in [0.1, 0.15) is 21.0 Å². The number of hydrogen-bond donors (Lipinski definition) is 1. The lowest BCUT2D eigenvalue weighted by Gasteiger charge is -1.84. The first-order chi connectivity index (χ1) is 5.27. The van der Waals surface area contributed by atoms with Crippen LogP contribution in [0.15, 0.2) is 10.6 Å². The van der Waals surface area contributed by atoms with Gasteiger partial charge < -0.3 is 10.3 Å². The van der Waals surface area contributed by atoms with Gasteiger partial charge >= 0.3 is 0 Å². The number of nitrogens with zero attached hydrogens (tertiary/aromatic N) is 1. The zero-order valence-electron chi connectivity index (χ0n) is 5.61. The van der Waals surface area contributed by atoms with E-state index in [4.69, 9.17) is 5.73 Å². The summed E-state index contributed by atoms with van der Waals surface area (Å²) < 4.78 is 4.50. The number of ketones is 1. The lowest BCUT2D eigenvalue weighted by molar-refractivity contribution is 0.0964. The first-order valence-electron chi connectivity index (χ1n) is 2.93. The van der Waals surface area contributed by atoms with Crippen LogP contribution in [0.2, 0.25) is 0 Å². The van der Waals surface area contributed by atoms with E-state index < -0.39 is 0 Å². The molecule has 0 spiro atoms. The topological polar surface area (TPSA) is 86.2 Å². The predicted octanol–water partition coefficient (Wildman–Crippen LogP) is -0.372. The largest absolute Gasteiger partial charge is 0.352 e. The summed E-state index contributed by atoms with van der Waals surface area (Å²) in [7, 11) is 0. The van der Waals surface area contributed by atoms with E-state index in [1.54, 1.807) is 0 Å². The van der Waals surface area contributed by atoms with Crippen molar-refractivity contribution < 1.29 is 14.1 Å². The number of carbonyl (C=O) groups excluding carboxylic acids is 2. The molecule has 0 amide bonds. The van der Waals surface area contributed by atoms with Crippen molar-refractivity contribution in [2.24, 2.45) is 5.73 Å². The Kier molecular flexibility index (Phi) is 2.12. The quantitative estimate of drug-likeness (QED) is 0.474. The van der Waals surface area contributed by atoms with Gasteiger partial charge in [0.25, 0.3) is 0 Å². The molecule has 0 aromatic carbocycles. The molecule has 2 N–H and O–H groups in total. The Bertz CT molecular complexity index is 279. The molecule has 1 heterocycles. The van der Waals surface area contributed by atoms with E-state index in [0.29, 0.717) is 6.29 Å². The highest BCUT2D eigenvalue weighted by Crippen LogP contribution is 2.00. The molecule has 0 fully saturated rings. The summed E-state index contributed by atoms with van der Waals surface area (Å²) in [5.74, 6) is -0.347. The van der Waals surface area contributed by atoms with E-state index in [1.807, 2.05) is 0 Å². The van der Waals surface area contributed by atoms with E-state index in [1.165, 1.54) is 6.07 Å². The van der Waals surface area contributed by atoms with Gasteiger partial charge in [0.1, 0.15) is 5.69 Å². The number of Topliss-reactive ketones (excluding diaryl/α,β-unsaturated/α-hetero) is 1. The Morgan fingerprint density at radius 3 is 3.00 bits per heavy atom. The SMILES string of the molecule is NCC(=O)c1cc(C=O)no1. The number of carbonyl (C=O) groups is 2. The van der Waals surface area contributed by atoms with Crippen LogP contribution >= 0.6 is 0 Å². The predicted molar refractivity (Wildman–Crippen MR) is 35.3 cm³/mol. The van der Waals surface area contributed by atoms with Crippen LogP contribution in [0.25, 0.3) is 0 Å². The molecule has 11 heavy (non-hydrogen) atoms. The highest BCUT2D eigenvalue weighted by Gasteiger charge is 2.09. The molecule has 1 aromatic rings. The first kappa shape index (κ1) is 7.62.